The van der Waals surface area contributed by atoms with E-state index in [1.807, 2.05) is 19.9 Å². The standard InChI is InChI=1S/C19H24F3N5O/c1-13-11-14(2)27(25-13)16-5-3-15(4-6-16)18(28)24-12-17(19(20,21)22)26-9-7-23-8-10-26/h3-6,11,17,23H,7-10,12H2,1-2H3,(H,24,28). The lowest BCUT2D eigenvalue weighted by Crippen LogP contribution is -2.57. The van der Waals surface area contributed by atoms with Crippen molar-refractivity contribution in [3.8, 4) is 5.69 Å². The molecule has 6 nitrogen and oxygen atoms in total. The number of benzene rings is 1. The van der Waals surface area contributed by atoms with E-state index in [1.54, 1.807) is 28.9 Å². The highest BCUT2D eigenvalue weighted by Gasteiger charge is 2.43. The fraction of sp³-hybridized carbons (Fsp3) is 0.474. The summed E-state index contributed by atoms with van der Waals surface area (Å²) in [5.41, 5.74) is 2.94. The summed E-state index contributed by atoms with van der Waals surface area (Å²) in [6, 6.07) is 6.89. The predicted octanol–water partition coefficient (Wildman–Crippen LogP) is 2.06. The molecule has 3 rings (SSSR count). The molecule has 28 heavy (non-hydrogen) atoms. The molecule has 1 aromatic carbocycles. The molecule has 1 unspecified atom stereocenters. The zero-order chi connectivity index (χ0) is 20.3. The van der Waals surface area contributed by atoms with Gasteiger partial charge in [0.1, 0.15) is 6.04 Å². The first kappa shape index (κ1) is 20.3. The Balaban J connectivity index is 1.65. The summed E-state index contributed by atoms with van der Waals surface area (Å²) < 4.78 is 42.0. The van der Waals surface area contributed by atoms with Crippen molar-refractivity contribution in [2.45, 2.75) is 26.1 Å². The molecule has 1 aliphatic rings. The van der Waals surface area contributed by atoms with Gasteiger partial charge in [0.2, 0.25) is 0 Å². The number of aryl methyl sites for hydroxylation is 2. The molecule has 0 bridgehead atoms. The van der Waals surface area contributed by atoms with Crippen LogP contribution in [-0.2, 0) is 0 Å². The van der Waals surface area contributed by atoms with E-state index in [1.165, 1.54) is 4.90 Å². The third-order valence-electron chi connectivity index (χ3n) is 4.81. The molecule has 1 saturated heterocycles. The maximum absolute atomic E-state index is 13.4. The van der Waals surface area contributed by atoms with Crippen molar-refractivity contribution in [2.24, 2.45) is 0 Å². The first-order valence-electron chi connectivity index (χ1n) is 9.19. The highest BCUT2D eigenvalue weighted by molar-refractivity contribution is 5.94. The molecular weight excluding hydrogens is 371 g/mol. The van der Waals surface area contributed by atoms with E-state index in [-0.39, 0.29) is 0 Å². The van der Waals surface area contributed by atoms with Crippen LogP contribution in [0.15, 0.2) is 30.3 Å². The molecule has 2 aromatic rings. The van der Waals surface area contributed by atoms with Crippen LogP contribution in [0.3, 0.4) is 0 Å². The normalized spacial score (nSPS) is 16.8. The van der Waals surface area contributed by atoms with E-state index >= 15 is 0 Å². The second-order valence-corrected chi connectivity index (χ2v) is 6.94. The molecule has 1 atom stereocenters. The van der Waals surface area contributed by atoms with Gasteiger partial charge in [-0.25, -0.2) is 4.68 Å². The number of hydrogen-bond donors (Lipinski definition) is 2. The number of nitrogens with one attached hydrogen (secondary N) is 2. The monoisotopic (exact) mass is 395 g/mol. The van der Waals surface area contributed by atoms with Crippen LogP contribution in [0.1, 0.15) is 21.7 Å². The van der Waals surface area contributed by atoms with Crippen molar-refractivity contribution in [3.05, 3.63) is 47.3 Å². The molecular formula is C19H24F3N5O. The van der Waals surface area contributed by atoms with Crippen LogP contribution in [0.2, 0.25) is 0 Å². The van der Waals surface area contributed by atoms with Crippen LogP contribution in [0, 0.1) is 13.8 Å². The number of nitrogens with zero attached hydrogens (tertiary/aromatic N) is 3. The first-order valence-corrected chi connectivity index (χ1v) is 9.19. The Hall–Kier alpha value is -2.39. The Morgan fingerprint density at radius 3 is 2.39 bits per heavy atom. The topological polar surface area (TPSA) is 62.2 Å². The maximum atomic E-state index is 13.4. The lowest BCUT2D eigenvalue weighted by molar-refractivity contribution is -0.183. The van der Waals surface area contributed by atoms with Crippen LogP contribution >= 0.6 is 0 Å². The van der Waals surface area contributed by atoms with E-state index in [4.69, 9.17) is 0 Å². The molecule has 1 fully saturated rings. The van der Waals surface area contributed by atoms with Gasteiger partial charge in [0.05, 0.1) is 11.4 Å². The van der Waals surface area contributed by atoms with Crippen LogP contribution < -0.4 is 10.6 Å². The van der Waals surface area contributed by atoms with Gasteiger partial charge >= 0.3 is 6.18 Å². The molecule has 0 spiro atoms. The molecule has 1 amide bonds. The minimum absolute atomic E-state index is 0.303. The average Bonchev–Trinajstić information content (AvgIpc) is 3.00. The zero-order valence-corrected chi connectivity index (χ0v) is 15.9. The fourth-order valence-corrected chi connectivity index (χ4v) is 3.38. The van der Waals surface area contributed by atoms with Crippen LogP contribution in [0.5, 0.6) is 0 Å². The summed E-state index contributed by atoms with van der Waals surface area (Å²) in [4.78, 5) is 13.7. The summed E-state index contributed by atoms with van der Waals surface area (Å²) in [7, 11) is 0. The Morgan fingerprint density at radius 2 is 1.86 bits per heavy atom. The highest BCUT2D eigenvalue weighted by atomic mass is 19.4. The lowest BCUT2D eigenvalue weighted by atomic mass is 10.1. The number of piperazine rings is 1. The Labute approximate surface area is 161 Å². The van der Waals surface area contributed by atoms with Crippen LogP contribution in [-0.4, -0.2) is 65.5 Å². The average molecular weight is 395 g/mol. The lowest BCUT2D eigenvalue weighted by Gasteiger charge is -2.35. The van der Waals surface area contributed by atoms with Gasteiger partial charge in [-0.1, -0.05) is 0 Å². The summed E-state index contributed by atoms with van der Waals surface area (Å²) in [5.74, 6) is -0.524. The summed E-state index contributed by atoms with van der Waals surface area (Å²) in [5, 5.41) is 9.84. The van der Waals surface area contributed by atoms with Gasteiger partial charge in [-0.05, 0) is 44.2 Å². The van der Waals surface area contributed by atoms with Crippen molar-refractivity contribution >= 4 is 5.91 Å². The van der Waals surface area contributed by atoms with E-state index in [0.717, 1.165) is 17.1 Å². The van der Waals surface area contributed by atoms with Gasteiger partial charge in [0, 0.05) is 44.0 Å². The minimum atomic E-state index is -4.40. The molecule has 0 aliphatic carbocycles. The summed E-state index contributed by atoms with van der Waals surface area (Å²) >= 11 is 0. The molecule has 0 saturated carbocycles. The Morgan fingerprint density at radius 1 is 1.21 bits per heavy atom. The fourth-order valence-electron chi connectivity index (χ4n) is 3.38. The van der Waals surface area contributed by atoms with Crippen molar-refractivity contribution in [1.82, 2.24) is 25.3 Å². The number of carbonyl (C=O) groups is 1. The Kier molecular flexibility index (Phi) is 6.04. The Bertz CT molecular complexity index is 810. The van der Waals surface area contributed by atoms with Crippen LogP contribution in [0.4, 0.5) is 13.2 Å². The molecule has 9 heteroatoms. The van der Waals surface area contributed by atoms with E-state index < -0.39 is 24.7 Å². The second-order valence-electron chi connectivity index (χ2n) is 6.94. The third-order valence-corrected chi connectivity index (χ3v) is 4.81. The van der Waals surface area contributed by atoms with Crippen molar-refractivity contribution in [3.63, 3.8) is 0 Å². The zero-order valence-electron chi connectivity index (χ0n) is 15.9. The highest BCUT2D eigenvalue weighted by Crippen LogP contribution is 2.25. The summed E-state index contributed by atoms with van der Waals surface area (Å²) in [6.45, 7) is 4.97. The molecule has 2 heterocycles. The molecule has 152 valence electrons. The van der Waals surface area contributed by atoms with E-state index in [0.29, 0.717) is 31.7 Å². The van der Waals surface area contributed by atoms with Crippen molar-refractivity contribution in [2.75, 3.05) is 32.7 Å². The second kappa shape index (κ2) is 8.32. The largest absolute Gasteiger partial charge is 0.405 e. The van der Waals surface area contributed by atoms with Crippen molar-refractivity contribution < 1.29 is 18.0 Å². The third kappa shape index (κ3) is 4.71. The number of halogens is 3. The summed E-state index contributed by atoms with van der Waals surface area (Å²) in [6.07, 6.45) is -4.40. The minimum Gasteiger partial charge on any atom is -0.350 e. The SMILES string of the molecule is Cc1cc(C)n(-c2ccc(C(=O)NCC(N3CCNCC3)C(F)(F)F)cc2)n1. The number of hydrogen-bond acceptors (Lipinski definition) is 4. The first-order chi connectivity index (χ1) is 13.3. The van der Waals surface area contributed by atoms with E-state index in [2.05, 4.69) is 15.7 Å². The van der Waals surface area contributed by atoms with Gasteiger partial charge in [0.25, 0.3) is 5.91 Å². The van der Waals surface area contributed by atoms with Gasteiger partial charge in [-0.2, -0.15) is 18.3 Å². The van der Waals surface area contributed by atoms with Gasteiger partial charge in [0.15, 0.2) is 0 Å². The number of carbonyl (C=O) groups excluding carboxylic acids is 1. The van der Waals surface area contributed by atoms with Crippen molar-refractivity contribution in [1.29, 1.82) is 0 Å². The maximum Gasteiger partial charge on any atom is 0.405 e. The van der Waals surface area contributed by atoms with Gasteiger partial charge in [-0.3, -0.25) is 9.69 Å². The predicted molar refractivity (Wildman–Crippen MR) is 99.7 cm³/mol. The molecule has 1 aliphatic heterocycles. The van der Waals surface area contributed by atoms with Crippen LogP contribution in [0.25, 0.3) is 5.69 Å². The quantitative estimate of drug-likeness (QED) is 0.814. The smallest absolute Gasteiger partial charge is 0.350 e. The molecule has 0 radical (unpaired) electrons. The van der Waals surface area contributed by atoms with E-state index in [9.17, 15) is 18.0 Å². The van der Waals surface area contributed by atoms with Gasteiger partial charge in [-0.15, -0.1) is 0 Å². The molecule has 1 aromatic heterocycles. The number of aromatic nitrogens is 2. The number of amides is 1. The molecule has 2 N–H and O–H groups in total. The number of alkyl halides is 3. The van der Waals surface area contributed by atoms with Gasteiger partial charge < -0.3 is 10.6 Å². The number of rotatable bonds is 5.